The minimum Gasteiger partial charge on any atom is -0.477 e. The molecule has 0 bridgehead atoms. The molecule has 0 aliphatic carbocycles. The molecule has 2 aromatic heterocycles. The van der Waals surface area contributed by atoms with Crippen LogP contribution < -0.4 is 0 Å². The molecule has 0 aromatic carbocycles. The molecule has 0 saturated heterocycles. The standard InChI is InChI=1S/C10H10N2O3/c1-7-3-5-12(9(7)10(13)14)6-8-2-4-11-15-8/h2-5H,6H2,1H3,(H,13,14). The summed E-state index contributed by atoms with van der Waals surface area (Å²) < 4.78 is 6.54. The van der Waals surface area contributed by atoms with E-state index in [-0.39, 0.29) is 5.69 Å². The van der Waals surface area contributed by atoms with E-state index in [0.29, 0.717) is 12.3 Å². The fraction of sp³-hybridized carbons (Fsp3) is 0.200. The predicted octanol–water partition coefficient (Wildman–Crippen LogP) is 1.53. The molecule has 0 atom stereocenters. The summed E-state index contributed by atoms with van der Waals surface area (Å²) in [5.41, 5.74) is 1.02. The van der Waals surface area contributed by atoms with Crippen LogP contribution in [0.1, 0.15) is 21.8 Å². The summed E-state index contributed by atoms with van der Waals surface area (Å²) in [6.45, 7) is 2.15. The number of rotatable bonds is 3. The molecule has 2 heterocycles. The van der Waals surface area contributed by atoms with Gasteiger partial charge < -0.3 is 14.2 Å². The van der Waals surface area contributed by atoms with Gasteiger partial charge in [-0.3, -0.25) is 0 Å². The number of nitrogens with zero attached hydrogens (tertiary/aromatic N) is 2. The normalized spacial score (nSPS) is 10.5. The van der Waals surface area contributed by atoms with E-state index in [2.05, 4.69) is 5.16 Å². The third-order valence-electron chi connectivity index (χ3n) is 2.19. The zero-order valence-electron chi connectivity index (χ0n) is 8.17. The van der Waals surface area contributed by atoms with Crippen LogP contribution in [0.3, 0.4) is 0 Å². The van der Waals surface area contributed by atoms with Gasteiger partial charge in [0, 0.05) is 12.3 Å². The molecule has 0 fully saturated rings. The molecule has 0 aliphatic rings. The van der Waals surface area contributed by atoms with Gasteiger partial charge in [0.25, 0.3) is 0 Å². The Kier molecular flexibility index (Phi) is 2.29. The van der Waals surface area contributed by atoms with Gasteiger partial charge >= 0.3 is 5.97 Å². The molecule has 0 saturated carbocycles. The number of hydrogen-bond donors (Lipinski definition) is 1. The van der Waals surface area contributed by atoms with Gasteiger partial charge in [-0.05, 0) is 18.6 Å². The lowest BCUT2D eigenvalue weighted by molar-refractivity contribution is 0.0684. The van der Waals surface area contributed by atoms with Crippen molar-refractivity contribution in [3.63, 3.8) is 0 Å². The summed E-state index contributed by atoms with van der Waals surface area (Å²) in [5.74, 6) is -0.301. The molecule has 0 unspecified atom stereocenters. The smallest absolute Gasteiger partial charge is 0.352 e. The third-order valence-corrected chi connectivity index (χ3v) is 2.19. The molecule has 0 spiro atoms. The van der Waals surface area contributed by atoms with Crippen molar-refractivity contribution in [3.8, 4) is 0 Å². The maximum absolute atomic E-state index is 11.0. The average Bonchev–Trinajstić information content (AvgIpc) is 2.76. The highest BCUT2D eigenvalue weighted by atomic mass is 16.5. The van der Waals surface area contributed by atoms with Crippen LogP contribution in [-0.4, -0.2) is 20.8 Å². The minimum atomic E-state index is -0.933. The van der Waals surface area contributed by atoms with Gasteiger partial charge in [-0.25, -0.2) is 4.79 Å². The first-order chi connectivity index (χ1) is 7.18. The quantitative estimate of drug-likeness (QED) is 0.826. The van der Waals surface area contributed by atoms with Crippen LogP contribution in [0.5, 0.6) is 0 Å². The summed E-state index contributed by atoms with van der Waals surface area (Å²) in [5, 5.41) is 12.6. The SMILES string of the molecule is Cc1ccn(Cc2ccno2)c1C(=O)O. The van der Waals surface area contributed by atoms with Gasteiger partial charge in [0.05, 0.1) is 12.7 Å². The molecule has 5 heteroatoms. The average molecular weight is 206 g/mol. The lowest BCUT2D eigenvalue weighted by Gasteiger charge is -2.03. The van der Waals surface area contributed by atoms with E-state index in [1.807, 2.05) is 0 Å². The van der Waals surface area contributed by atoms with Crippen molar-refractivity contribution < 1.29 is 14.4 Å². The Morgan fingerprint density at radius 2 is 2.40 bits per heavy atom. The number of aryl methyl sites for hydroxylation is 1. The Balaban J connectivity index is 2.33. The van der Waals surface area contributed by atoms with Gasteiger partial charge in [-0.2, -0.15) is 0 Å². The molecule has 15 heavy (non-hydrogen) atoms. The van der Waals surface area contributed by atoms with Crippen LogP contribution in [0.4, 0.5) is 0 Å². The van der Waals surface area contributed by atoms with Crippen molar-refractivity contribution in [1.29, 1.82) is 0 Å². The second-order valence-electron chi connectivity index (χ2n) is 3.26. The summed E-state index contributed by atoms with van der Waals surface area (Å²) in [6.07, 6.45) is 3.26. The number of hydrogen-bond acceptors (Lipinski definition) is 3. The van der Waals surface area contributed by atoms with Gasteiger partial charge in [0.15, 0.2) is 5.76 Å². The van der Waals surface area contributed by atoms with E-state index in [4.69, 9.17) is 9.63 Å². The lowest BCUT2D eigenvalue weighted by atomic mass is 10.3. The largest absolute Gasteiger partial charge is 0.477 e. The van der Waals surface area contributed by atoms with E-state index >= 15 is 0 Å². The van der Waals surface area contributed by atoms with Crippen molar-refractivity contribution in [2.24, 2.45) is 0 Å². The van der Waals surface area contributed by atoms with Gasteiger partial charge in [0.1, 0.15) is 5.69 Å². The van der Waals surface area contributed by atoms with Gasteiger partial charge in [-0.1, -0.05) is 5.16 Å². The monoisotopic (exact) mass is 206 g/mol. The van der Waals surface area contributed by atoms with Crippen molar-refractivity contribution in [1.82, 2.24) is 9.72 Å². The van der Waals surface area contributed by atoms with Crippen molar-refractivity contribution in [2.75, 3.05) is 0 Å². The second-order valence-corrected chi connectivity index (χ2v) is 3.26. The Morgan fingerprint density at radius 3 is 3.00 bits per heavy atom. The van der Waals surface area contributed by atoms with E-state index in [1.54, 1.807) is 29.8 Å². The molecule has 0 radical (unpaired) electrons. The van der Waals surface area contributed by atoms with Crippen molar-refractivity contribution >= 4 is 5.97 Å². The number of aromatic nitrogens is 2. The Hall–Kier alpha value is -2.04. The highest BCUT2D eigenvalue weighted by Crippen LogP contribution is 2.12. The van der Waals surface area contributed by atoms with Crippen LogP contribution in [0.2, 0.25) is 0 Å². The first kappa shape index (κ1) is 9.51. The fourth-order valence-corrected chi connectivity index (χ4v) is 1.50. The lowest BCUT2D eigenvalue weighted by Crippen LogP contribution is -2.09. The summed E-state index contributed by atoms with van der Waals surface area (Å²) in [7, 11) is 0. The molecule has 5 nitrogen and oxygen atoms in total. The summed E-state index contributed by atoms with van der Waals surface area (Å²) in [6, 6.07) is 3.47. The maximum atomic E-state index is 11.0. The molecule has 0 aliphatic heterocycles. The van der Waals surface area contributed by atoms with Gasteiger partial charge in [-0.15, -0.1) is 0 Å². The molecular weight excluding hydrogens is 196 g/mol. The highest BCUT2D eigenvalue weighted by molar-refractivity contribution is 5.87. The Labute approximate surface area is 85.9 Å². The second kappa shape index (κ2) is 3.61. The van der Waals surface area contributed by atoms with E-state index in [1.165, 1.54) is 6.20 Å². The van der Waals surface area contributed by atoms with Crippen LogP contribution >= 0.6 is 0 Å². The van der Waals surface area contributed by atoms with Crippen LogP contribution in [-0.2, 0) is 6.54 Å². The number of carboxylic acids is 1. The van der Waals surface area contributed by atoms with E-state index in [0.717, 1.165) is 5.56 Å². The molecule has 2 rings (SSSR count). The number of aromatic carboxylic acids is 1. The third kappa shape index (κ3) is 1.76. The summed E-state index contributed by atoms with van der Waals surface area (Å²) >= 11 is 0. The molecule has 78 valence electrons. The molecule has 2 aromatic rings. The fourth-order valence-electron chi connectivity index (χ4n) is 1.50. The first-order valence-corrected chi connectivity index (χ1v) is 4.47. The highest BCUT2D eigenvalue weighted by Gasteiger charge is 2.13. The maximum Gasteiger partial charge on any atom is 0.352 e. The predicted molar refractivity (Wildman–Crippen MR) is 51.7 cm³/mol. The molecule has 1 N–H and O–H groups in total. The van der Waals surface area contributed by atoms with Crippen LogP contribution in [0.15, 0.2) is 29.0 Å². The minimum absolute atomic E-state index is 0.284. The van der Waals surface area contributed by atoms with E-state index in [9.17, 15) is 4.79 Å². The van der Waals surface area contributed by atoms with Crippen LogP contribution in [0, 0.1) is 6.92 Å². The van der Waals surface area contributed by atoms with Crippen LogP contribution in [0.25, 0.3) is 0 Å². The topological polar surface area (TPSA) is 68.3 Å². The van der Waals surface area contributed by atoms with E-state index < -0.39 is 5.97 Å². The summed E-state index contributed by atoms with van der Waals surface area (Å²) in [4.78, 5) is 11.0. The zero-order valence-corrected chi connectivity index (χ0v) is 8.17. The van der Waals surface area contributed by atoms with Crippen molar-refractivity contribution in [2.45, 2.75) is 13.5 Å². The van der Waals surface area contributed by atoms with Crippen molar-refractivity contribution in [3.05, 3.63) is 41.5 Å². The molecule has 0 amide bonds. The Morgan fingerprint density at radius 1 is 1.60 bits per heavy atom. The van der Waals surface area contributed by atoms with Gasteiger partial charge in [0.2, 0.25) is 0 Å². The number of carboxylic acid groups (broad SMARTS) is 1. The Bertz CT molecular complexity index is 471. The zero-order chi connectivity index (χ0) is 10.8. The first-order valence-electron chi connectivity index (χ1n) is 4.47. The number of carbonyl (C=O) groups is 1. The molecular formula is C10H10N2O3.